The molecule has 0 amide bonds. The molecular weight excluding hydrogens is 151 g/mol. The molecule has 3 heteroatoms. The van der Waals surface area contributed by atoms with E-state index in [4.69, 9.17) is 0 Å². The molecule has 2 nitrogen and oxygen atoms in total. The van der Waals surface area contributed by atoms with Crippen molar-refractivity contribution in [1.82, 2.24) is 0 Å². The zero-order valence-corrected chi connectivity index (χ0v) is 9.94. The summed E-state index contributed by atoms with van der Waals surface area (Å²) in [5.74, 6) is -0.941. The number of carbonyl (C=O) groups excluding carboxylic acids is 1. The van der Waals surface area contributed by atoms with Crippen LogP contribution in [0.2, 0.25) is 0 Å². The molecule has 0 atom stereocenters. The second-order valence-corrected chi connectivity index (χ2v) is 3.79. The van der Waals surface area contributed by atoms with E-state index < -0.39 is 5.97 Å². The summed E-state index contributed by atoms with van der Waals surface area (Å²) in [6.07, 6.45) is 1.87. The Balaban J connectivity index is 0. The minimum Gasteiger partial charge on any atom is -0.550 e. The quantitative estimate of drug-likeness (QED) is 0.453. The van der Waals surface area contributed by atoms with Gasteiger partial charge in [0.1, 0.15) is 0 Å². The van der Waals surface area contributed by atoms with Crippen molar-refractivity contribution in [2.24, 2.45) is 5.41 Å². The first-order chi connectivity index (χ1) is 4.42. The van der Waals surface area contributed by atoms with Crippen LogP contribution >= 0.6 is 0 Å². The van der Waals surface area contributed by atoms with Gasteiger partial charge in [-0.3, -0.25) is 0 Å². The standard InChI is InChI=1S/C8H16O2.Na/c1-8(2,3)6-4-5-7(9)10;/h4-6H2,1-3H3,(H,9,10);/q;+1/p-1. The van der Waals surface area contributed by atoms with Gasteiger partial charge < -0.3 is 9.90 Å². The number of rotatable bonds is 3. The minimum atomic E-state index is -0.941. The van der Waals surface area contributed by atoms with Gasteiger partial charge in [0.15, 0.2) is 0 Å². The number of hydrogen-bond acceptors (Lipinski definition) is 2. The first-order valence-corrected chi connectivity index (χ1v) is 3.62. The molecule has 0 saturated carbocycles. The Morgan fingerprint density at radius 1 is 1.36 bits per heavy atom. The molecule has 0 unspecified atom stereocenters. The van der Waals surface area contributed by atoms with Crippen LogP contribution in [-0.4, -0.2) is 5.97 Å². The molecule has 0 aliphatic heterocycles. The van der Waals surface area contributed by atoms with Crippen LogP contribution in [-0.2, 0) is 4.79 Å². The maximum absolute atomic E-state index is 9.97. The van der Waals surface area contributed by atoms with E-state index in [1.54, 1.807) is 0 Å². The van der Waals surface area contributed by atoms with Crippen LogP contribution in [0, 0.1) is 5.41 Å². The number of carboxylic acids is 1. The van der Waals surface area contributed by atoms with Crippen LogP contribution in [0.1, 0.15) is 40.0 Å². The van der Waals surface area contributed by atoms with Crippen molar-refractivity contribution >= 4 is 5.97 Å². The van der Waals surface area contributed by atoms with Gasteiger partial charge in [0.2, 0.25) is 0 Å². The van der Waals surface area contributed by atoms with Gasteiger partial charge in [0.05, 0.1) is 0 Å². The molecule has 11 heavy (non-hydrogen) atoms. The summed E-state index contributed by atoms with van der Waals surface area (Å²) in [4.78, 5) is 9.97. The third-order valence-corrected chi connectivity index (χ3v) is 1.31. The second kappa shape index (κ2) is 6.04. The Morgan fingerprint density at radius 3 is 2.09 bits per heavy atom. The molecule has 0 heterocycles. The summed E-state index contributed by atoms with van der Waals surface area (Å²) in [5, 5.41) is 9.97. The van der Waals surface area contributed by atoms with Gasteiger partial charge in [-0.2, -0.15) is 0 Å². The summed E-state index contributed by atoms with van der Waals surface area (Å²) in [5.41, 5.74) is 0.245. The van der Waals surface area contributed by atoms with Crippen molar-refractivity contribution in [3.63, 3.8) is 0 Å². The van der Waals surface area contributed by atoms with E-state index >= 15 is 0 Å². The molecule has 0 fully saturated rings. The summed E-state index contributed by atoms with van der Waals surface area (Å²) in [7, 11) is 0. The average Bonchev–Trinajstić information content (AvgIpc) is 1.59. The smallest absolute Gasteiger partial charge is 0.550 e. The Bertz CT molecular complexity index is 116. The molecule has 0 aliphatic carbocycles. The Morgan fingerprint density at radius 2 is 1.82 bits per heavy atom. The summed E-state index contributed by atoms with van der Waals surface area (Å²) in [6, 6.07) is 0. The Hall–Kier alpha value is 0.470. The van der Waals surface area contributed by atoms with E-state index in [0.717, 1.165) is 12.8 Å². The second-order valence-electron chi connectivity index (χ2n) is 3.79. The number of hydrogen-bond donors (Lipinski definition) is 0. The van der Waals surface area contributed by atoms with E-state index in [0.29, 0.717) is 0 Å². The Labute approximate surface area is 90.7 Å². The third kappa shape index (κ3) is 13.5. The molecule has 60 valence electrons. The first kappa shape index (κ1) is 14.0. The topological polar surface area (TPSA) is 40.1 Å². The van der Waals surface area contributed by atoms with Crippen molar-refractivity contribution in [3.8, 4) is 0 Å². The van der Waals surface area contributed by atoms with Crippen LogP contribution in [0.5, 0.6) is 0 Å². The fourth-order valence-electron chi connectivity index (χ4n) is 0.763. The van der Waals surface area contributed by atoms with E-state index in [9.17, 15) is 9.90 Å². The molecule has 0 spiro atoms. The molecule has 0 aromatic heterocycles. The maximum Gasteiger partial charge on any atom is 1.00 e. The van der Waals surface area contributed by atoms with Crippen molar-refractivity contribution < 1.29 is 39.5 Å². The zero-order chi connectivity index (χ0) is 8.20. The normalized spacial score (nSPS) is 10.5. The maximum atomic E-state index is 9.97. The van der Waals surface area contributed by atoms with Gasteiger partial charge in [-0.05, 0) is 24.7 Å². The molecule has 0 N–H and O–H groups in total. The van der Waals surface area contributed by atoms with Crippen molar-refractivity contribution in [1.29, 1.82) is 0 Å². The fraction of sp³-hybridized carbons (Fsp3) is 0.875. The van der Waals surface area contributed by atoms with Gasteiger partial charge in [-0.25, -0.2) is 0 Å². The van der Waals surface area contributed by atoms with Gasteiger partial charge in [0, 0.05) is 5.97 Å². The largest absolute Gasteiger partial charge is 1.00 e. The van der Waals surface area contributed by atoms with Crippen LogP contribution in [0.4, 0.5) is 0 Å². The van der Waals surface area contributed by atoms with Gasteiger partial charge >= 0.3 is 29.6 Å². The van der Waals surface area contributed by atoms with Crippen molar-refractivity contribution in [3.05, 3.63) is 0 Å². The van der Waals surface area contributed by atoms with Crippen LogP contribution in [0.25, 0.3) is 0 Å². The van der Waals surface area contributed by atoms with Crippen molar-refractivity contribution in [2.75, 3.05) is 0 Å². The molecule has 0 bridgehead atoms. The third-order valence-electron chi connectivity index (χ3n) is 1.31. The van der Waals surface area contributed by atoms with Crippen LogP contribution in [0.15, 0.2) is 0 Å². The monoisotopic (exact) mass is 166 g/mol. The fourth-order valence-corrected chi connectivity index (χ4v) is 0.763. The average molecular weight is 166 g/mol. The van der Waals surface area contributed by atoms with E-state index in [1.165, 1.54) is 0 Å². The Kier molecular flexibility index (Phi) is 7.70. The molecule has 0 aromatic rings. The molecule has 0 saturated heterocycles. The van der Waals surface area contributed by atoms with Crippen LogP contribution in [0.3, 0.4) is 0 Å². The van der Waals surface area contributed by atoms with Gasteiger partial charge in [-0.15, -0.1) is 0 Å². The SMILES string of the molecule is CC(C)(C)CCCC(=O)[O-].[Na+]. The molecule has 0 aliphatic rings. The van der Waals surface area contributed by atoms with Gasteiger partial charge in [0.25, 0.3) is 0 Å². The predicted octanol–water partition coefficient (Wildman–Crippen LogP) is -2.04. The van der Waals surface area contributed by atoms with E-state index in [1.807, 2.05) is 0 Å². The molecule has 0 aromatic carbocycles. The van der Waals surface area contributed by atoms with Gasteiger partial charge in [-0.1, -0.05) is 20.8 Å². The zero-order valence-electron chi connectivity index (χ0n) is 7.94. The summed E-state index contributed by atoms with van der Waals surface area (Å²) >= 11 is 0. The molecule has 0 rings (SSSR count). The van der Waals surface area contributed by atoms with Crippen molar-refractivity contribution in [2.45, 2.75) is 40.0 Å². The molecular formula is C8H15NaO2. The summed E-state index contributed by atoms with van der Waals surface area (Å²) < 4.78 is 0. The molecule has 0 radical (unpaired) electrons. The number of carbonyl (C=O) groups is 1. The number of carboxylic acid groups (broad SMARTS) is 1. The first-order valence-electron chi connectivity index (χ1n) is 3.62. The summed E-state index contributed by atoms with van der Waals surface area (Å²) in [6.45, 7) is 6.30. The predicted molar refractivity (Wildman–Crippen MR) is 38.3 cm³/mol. The number of aliphatic carboxylic acids is 1. The van der Waals surface area contributed by atoms with Crippen LogP contribution < -0.4 is 34.7 Å². The minimum absolute atomic E-state index is 0. The van der Waals surface area contributed by atoms with E-state index in [-0.39, 0.29) is 41.4 Å². The van der Waals surface area contributed by atoms with E-state index in [2.05, 4.69) is 20.8 Å².